The van der Waals surface area contributed by atoms with Crippen molar-refractivity contribution in [1.82, 2.24) is 9.46 Å². The van der Waals surface area contributed by atoms with Crippen molar-refractivity contribution in [1.29, 1.82) is 0 Å². The van der Waals surface area contributed by atoms with Gasteiger partial charge in [-0.2, -0.15) is 0 Å². The lowest BCUT2D eigenvalue weighted by molar-refractivity contribution is 0.647. The molecule has 0 bridgehead atoms. The fourth-order valence-corrected chi connectivity index (χ4v) is 1.95. The van der Waals surface area contributed by atoms with E-state index in [1.807, 2.05) is 18.2 Å². The van der Waals surface area contributed by atoms with Gasteiger partial charge >= 0.3 is 0 Å². The van der Waals surface area contributed by atoms with Crippen molar-refractivity contribution < 1.29 is 0 Å². The van der Waals surface area contributed by atoms with Gasteiger partial charge in [0.1, 0.15) is 0 Å². The minimum Gasteiger partial charge on any atom is -0.354 e. The Labute approximate surface area is 102 Å². The summed E-state index contributed by atoms with van der Waals surface area (Å²) in [7, 11) is 5.61. The van der Waals surface area contributed by atoms with Crippen LogP contribution < -0.4 is 5.56 Å². The molecular formula is C13H15BN2O. The number of benzene rings is 1. The van der Waals surface area contributed by atoms with E-state index < -0.39 is 0 Å². The summed E-state index contributed by atoms with van der Waals surface area (Å²) in [5.74, 6) is 1.12. The second kappa shape index (κ2) is 4.36. The maximum Gasteiger partial charge on any atom is 0.248 e. The highest BCUT2D eigenvalue weighted by molar-refractivity contribution is 6.07. The predicted octanol–water partition coefficient (Wildman–Crippen LogP) is 1.84. The quantitative estimate of drug-likeness (QED) is 0.732. The Bertz CT molecular complexity index is 617. The van der Waals surface area contributed by atoms with Crippen LogP contribution in [0.25, 0.3) is 10.9 Å². The number of hydrogen-bond acceptors (Lipinski definition) is 2. The highest BCUT2D eigenvalue weighted by Crippen LogP contribution is 2.14. The van der Waals surface area contributed by atoms with E-state index in [2.05, 4.69) is 18.8 Å². The van der Waals surface area contributed by atoms with Gasteiger partial charge in [0.15, 0.2) is 0 Å². The van der Waals surface area contributed by atoms with Crippen molar-refractivity contribution in [2.45, 2.75) is 27.2 Å². The summed E-state index contributed by atoms with van der Waals surface area (Å²) in [6.45, 7) is 6.07. The van der Waals surface area contributed by atoms with E-state index in [9.17, 15) is 4.79 Å². The molecule has 0 aliphatic carbocycles. The average Bonchev–Trinajstić information content (AvgIpc) is 2.25. The van der Waals surface area contributed by atoms with Crippen LogP contribution >= 0.6 is 0 Å². The summed E-state index contributed by atoms with van der Waals surface area (Å²) in [5.41, 5.74) is 1.74. The number of aryl methyl sites for hydroxylation is 1. The molecule has 0 aliphatic heterocycles. The first-order valence-corrected chi connectivity index (χ1v) is 5.76. The fraction of sp³-hybridized carbons (Fsp3) is 0.385. The minimum absolute atomic E-state index is 0.191. The highest BCUT2D eigenvalue weighted by Gasteiger charge is 2.06. The number of hydrogen-bond donors (Lipinski definition) is 0. The van der Waals surface area contributed by atoms with Crippen LogP contribution in [0.1, 0.15) is 25.2 Å². The molecule has 4 heteroatoms. The van der Waals surface area contributed by atoms with Crippen LogP contribution in [-0.4, -0.2) is 17.4 Å². The van der Waals surface area contributed by atoms with E-state index in [4.69, 9.17) is 7.98 Å². The van der Waals surface area contributed by atoms with E-state index >= 15 is 0 Å². The zero-order valence-corrected chi connectivity index (χ0v) is 10.4. The van der Waals surface area contributed by atoms with E-state index in [1.54, 1.807) is 6.92 Å². The molecule has 0 amide bonds. The first-order chi connectivity index (χ1) is 7.99. The van der Waals surface area contributed by atoms with Gasteiger partial charge in [0.05, 0.1) is 16.7 Å². The lowest BCUT2D eigenvalue weighted by Crippen LogP contribution is -2.22. The van der Waals surface area contributed by atoms with Crippen LogP contribution in [0.4, 0.5) is 0 Å². The molecule has 2 rings (SSSR count). The molecule has 0 unspecified atom stereocenters. The molecule has 0 saturated heterocycles. The maximum atomic E-state index is 11.9. The normalized spacial score (nSPS) is 11.3. The monoisotopic (exact) mass is 226 g/mol. The molecule has 0 aliphatic rings. The standard InChI is InChI=1S/C13H15BN2O/c1-8(2)6-10-4-5-11-12(7-10)15-9(3)16(14)13(11)17/h4-5,7-8H,6H2,1-3H3. The molecule has 1 aromatic heterocycles. The molecule has 17 heavy (non-hydrogen) atoms. The van der Waals surface area contributed by atoms with Crippen molar-refractivity contribution >= 4 is 18.9 Å². The molecular weight excluding hydrogens is 211 g/mol. The second-order valence-electron chi connectivity index (χ2n) is 4.78. The maximum absolute atomic E-state index is 11.9. The second-order valence-corrected chi connectivity index (χ2v) is 4.78. The summed E-state index contributed by atoms with van der Waals surface area (Å²) in [4.78, 5) is 16.2. The van der Waals surface area contributed by atoms with Crippen LogP contribution in [0.2, 0.25) is 0 Å². The van der Waals surface area contributed by atoms with Crippen molar-refractivity contribution in [3.05, 3.63) is 39.9 Å². The molecule has 1 aromatic carbocycles. The zero-order valence-electron chi connectivity index (χ0n) is 10.4. The summed E-state index contributed by atoms with van der Waals surface area (Å²) in [6.07, 6.45) is 0.988. The van der Waals surface area contributed by atoms with Gasteiger partial charge in [0.25, 0.3) is 0 Å². The predicted molar refractivity (Wildman–Crippen MR) is 70.4 cm³/mol. The summed E-state index contributed by atoms with van der Waals surface area (Å²) in [6, 6.07) is 5.76. The van der Waals surface area contributed by atoms with Gasteiger partial charge in [-0.05, 0) is 37.0 Å². The molecule has 0 fully saturated rings. The Morgan fingerprint density at radius 1 is 1.41 bits per heavy atom. The van der Waals surface area contributed by atoms with E-state index in [0.717, 1.165) is 16.4 Å². The third-order valence-electron chi connectivity index (χ3n) is 2.79. The number of fused-ring (bicyclic) bond motifs is 1. The molecule has 0 spiro atoms. The minimum atomic E-state index is -0.191. The van der Waals surface area contributed by atoms with Gasteiger partial charge in [0.2, 0.25) is 13.5 Å². The fourth-order valence-electron chi connectivity index (χ4n) is 1.95. The van der Waals surface area contributed by atoms with Gasteiger partial charge in [-0.15, -0.1) is 0 Å². The first kappa shape index (κ1) is 11.9. The summed E-state index contributed by atoms with van der Waals surface area (Å²) < 4.78 is 1.09. The average molecular weight is 226 g/mol. The Morgan fingerprint density at radius 2 is 2.12 bits per heavy atom. The van der Waals surface area contributed by atoms with Crippen LogP contribution in [0.3, 0.4) is 0 Å². The third kappa shape index (κ3) is 2.26. The van der Waals surface area contributed by atoms with Crippen LogP contribution in [-0.2, 0) is 6.42 Å². The number of nitrogens with zero attached hydrogens (tertiary/aromatic N) is 2. The zero-order chi connectivity index (χ0) is 12.6. The van der Waals surface area contributed by atoms with Gasteiger partial charge in [0, 0.05) is 0 Å². The molecule has 86 valence electrons. The molecule has 0 N–H and O–H groups in total. The first-order valence-electron chi connectivity index (χ1n) is 5.76. The Balaban J connectivity index is 2.63. The molecule has 1 heterocycles. The number of aromatic nitrogens is 2. The lowest BCUT2D eigenvalue weighted by Gasteiger charge is -2.08. The Morgan fingerprint density at radius 3 is 2.76 bits per heavy atom. The Hall–Kier alpha value is -1.58. The molecule has 2 aromatic rings. The third-order valence-corrected chi connectivity index (χ3v) is 2.79. The van der Waals surface area contributed by atoms with E-state index in [1.165, 1.54) is 5.56 Å². The Kier molecular flexibility index (Phi) is 3.05. The van der Waals surface area contributed by atoms with Crippen molar-refractivity contribution in [2.24, 2.45) is 5.92 Å². The molecule has 0 saturated carbocycles. The number of rotatable bonds is 2. The van der Waals surface area contributed by atoms with E-state index in [0.29, 0.717) is 17.1 Å². The van der Waals surface area contributed by atoms with Crippen molar-refractivity contribution in [3.63, 3.8) is 0 Å². The van der Waals surface area contributed by atoms with Gasteiger partial charge in [-0.1, -0.05) is 19.9 Å². The van der Waals surface area contributed by atoms with Crippen LogP contribution in [0.15, 0.2) is 23.0 Å². The van der Waals surface area contributed by atoms with Crippen molar-refractivity contribution in [3.8, 4) is 0 Å². The largest absolute Gasteiger partial charge is 0.354 e. The van der Waals surface area contributed by atoms with Gasteiger partial charge in [-0.25, -0.2) is 4.98 Å². The highest BCUT2D eigenvalue weighted by atomic mass is 16.1. The van der Waals surface area contributed by atoms with Gasteiger partial charge < -0.3 is 4.48 Å². The molecule has 0 atom stereocenters. The summed E-state index contributed by atoms with van der Waals surface area (Å²) in [5, 5.41) is 0.575. The smallest absolute Gasteiger partial charge is 0.248 e. The van der Waals surface area contributed by atoms with Crippen LogP contribution in [0, 0.1) is 12.8 Å². The molecule has 3 nitrogen and oxygen atoms in total. The molecule has 2 radical (unpaired) electrons. The van der Waals surface area contributed by atoms with E-state index in [-0.39, 0.29) is 5.56 Å². The lowest BCUT2D eigenvalue weighted by atomic mass is 10.0. The summed E-state index contributed by atoms with van der Waals surface area (Å²) >= 11 is 0. The van der Waals surface area contributed by atoms with Gasteiger partial charge in [-0.3, -0.25) is 4.79 Å². The topological polar surface area (TPSA) is 34.9 Å². The van der Waals surface area contributed by atoms with Crippen molar-refractivity contribution in [2.75, 3.05) is 0 Å². The van der Waals surface area contributed by atoms with Crippen LogP contribution in [0.5, 0.6) is 0 Å². The SMILES string of the molecule is [B]n1c(C)nc2cc(CC(C)C)ccc2c1=O.